The Morgan fingerprint density at radius 1 is 1.00 bits per heavy atom. The molecule has 13 nitrogen and oxygen atoms in total. The lowest BCUT2D eigenvalue weighted by Crippen LogP contribution is -2.49. The van der Waals surface area contributed by atoms with E-state index >= 15 is 0 Å². The van der Waals surface area contributed by atoms with Crippen molar-refractivity contribution in [2.45, 2.75) is 51.7 Å². The van der Waals surface area contributed by atoms with Gasteiger partial charge in [0, 0.05) is 37.6 Å². The van der Waals surface area contributed by atoms with Gasteiger partial charge in [-0.25, -0.2) is 4.98 Å². The topological polar surface area (TPSA) is 169 Å². The average Bonchev–Trinajstić information content (AvgIpc) is 3.84. The quantitative estimate of drug-likeness (QED) is 0.297. The zero-order valence-corrected chi connectivity index (χ0v) is 26.2. The van der Waals surface area contributed by atoms with Crippen molar-refractivity contribution < 1.29 is 32.9 Å². The number of hydrogen-bond donors (Lipinski definition) is 3. The first kappa shape index (κ1) is 31.5. The van der Waals surface area contributed by atoms with Gasteiger partial charge in [0.2, 0.25) is 11.8 Å². The van der Waals surface area contributed by atoms with Crippen molar-refractivity contribution in [3.63, 3.8) is 0 Å². The van der Waals surface area contributed by atoms with Crippen molar-refractivity contribution in [2.75, 3.05) is 19.7 Å². The summed E-state index contributed by atoms with van der Waals surface area (Å²) in [5, 5.41) is 12.5. The van der Waals surface area contributed by atoms with Gasteiger partial charge in [0.05, 0.1) is 13.2 Å². The van der Waals surface area contributed by atoms with Crippen LogP contribution in [0.3, 0.4) is 0 Å². The van der Waals surface area contributed by atoms with E-state index in [2.05, 4.69) is 26.1 Å². The number of rotatable bonds is 5. The number of amides is 4. The van der Waals surface area contributed by atoms with E-state index in [9.17, 15) is 19.2 Å². The molecule has 0 saturated carbocycles. The first-order chi connectivity index (χ1) is 22.7. The molecule has 4 heterocycles. The molecule has 47 heavy (non-hydrogen) atoms. The number of carbonyl (C=O) groups excluding carboxylic acids is 4. The smallest absolute Gasteiger partial charge is 0.274 e. The molecule has 2 atom stereocenters. The number of oxazole rings is 1. The molecule has 6 rings (SSSR count). The first-order valence-corrected chi connectivity index (χ1v) is 15.6. The number of nitrogens with zero attached hydrogens (tertiary/aromatic N) is 3. The summed E-state index contributed by atoms with van der Waals surface area (Å²) in [6.07, 6.45) is 2.59. The Labute approximate surface area is 271 Å². The van der Waals surface area contributed by atoms with Crippen LogP contribution in [-0.4, -0.2) is 64.4 Å². The van der Waals surface area contributed by atoms with E-state index in [0.717, 1.165) is 16.9 Å². The van der Waals surface area contributed by atoms with Gasteiger partial charge in [-0.3, -0.25) is 19.2 Å². The second-order valence-electron chi connectivity index (χ2n) is 12.1. The molecule has 4 aromatic rings. The van der Waals surface area contributed by atoms with Crippen molar-refractivity contribution >= 4 is 23.6 Å². The van der Waals surface area contributed by atoms with E-state index in [1.54, 1.807) is 12.1 Å². The molecule has 0 fully saturated rings. The molecule has 0 saturated heterocycles. The zero-order valence-electron chi connectivity index (χ0n) is 26.2. The van der Waals surface area contributed by atoms with Crippen molar-refractivity contribution in [3.8, 4) is 5.75 Å². The molecule has 3 N–H and O–H groups in total. The highest BCUT2D eigenvalue weighted by atomic mass is 16.5. The van der Waals surface area contributed by atoms with Crippen LogP contribution in [0, 0.1) is 5.92 Å². The summed E-state index contributed by atoms with van der Waals surface area (Å²) in [6, 6.07) is 14.4. The average molecular weight is 641 g/mol. The van der Waals surface area contributed by atoms with Crippen LogP contribution in [0.25, 0.3) is 0 Å². The highest BCUT2D eigenvalue weighted by Gasteiger charge is 2.29. The molecule has 2 aliphatic rings. The lowest BCUT2D eigenvalue weighted by Gasteiger charge is -2.23. The largest absolute Gasteiger partial charge is 0.493 e. The predicted molar refractivity (Wildman–Crippen MR) is 167 cm³/mol. The molecule has 2 aliphatic heterocycles. The minimum Gasteiger partial charge on any atom is -0.493 e. The summed E-state index contributed by atoms with van der Waals surface area (Å²) < 4.78 is 16.7. The van der Waals surface area contributed by atoms with E-state index in [1.807, 2.05) is 50.2 Å². The lowest BCUT2D eigenvalue weighted by molar-refractivity contribution is -0.123. The fourth-order valence-corrected chi connectivity index (χ4v) is 5.64. The Morgan fingerprint density at radius 2 is 1.79 bits per heavy atom. The monoisotopic (exact) mass is 640 g/mol. The van der Waals surface area contributed by atoms with E-state index in [4.69, 9.17) is 13.7 Å². The zero-order chi connectivity index (χ0) is 32.9. The number of carbonyl (C=O) groups is 4. The highest BCUT2D eigenvalue weighted by molar-refractivity contribution is 5.97. The molecule has 0 unspecified atom stereocenters. The first-order valence-electron chi connectivity index (χ1n) is 15.6. The SMILES string of the molecule is CC(C)C[C@H]1NC(=O)c2cc(on2)CN(C(=O)c2ccc3c(c2)CCO3)CCNC(=O)[C@H](Cc2ccccc2)NC(=O)c2coc1n2. The maximum atomic E-state index is 13.8. The van der Waals surface area contributed by atoms with Crippen LogP contribution in [-0.2, 0) is 24.2 Å². The number of fused-ring (bicyclic) bond motifs is 5. The van der Waals surface area contributed by atoms with Gasteiger partial charge in [-0.1, -0.05) is 49.3 Å². The Balaban J connectivity index is 1.31. The molecule has 0 aliphatic carbocycles. The van der Waals surface area contributed by atoms with E-state index < -0.39 is 29.8 Å². The minimum absolute atomic E-state index is 0.00866. The number of nitrogens with one attached hydrogen (secondary N) is 3. The fraction of sp³-hybridized carbons (Fsp3) is 0.353. The molecule has 0 radical (unpaired) electrons. The summed E-state index contributed by atoms with van der Waals surface area (Å²) in [5.41, 5.74) is 2.22. The van der Waals surface area contributed by atoms with Crippen LogP contribution in [0.2, 0.25) is 0 Å². The van der Waals surface area contributed by atoms with Crippen molar-refractivity contribution in [1.82, 2.24) is 31.0 Å². The van der Waals surface area contributed by atoms with Crippen molar-refractivity contribution in [1.29, 1.82) is 0 Å². The number of hydrogen-bond acceptors (Lipinski definition) is 9. The molecule has 4 amide bonds. The molecular weight excluding hydrogens is 604 g/mol. The molecule has 13 heteroatoms. The lowest BCUT2D eigenvalue weighted by atomic mass is 10.0. The van der Waals surface area contributed by atoms with Crippen molar-refractivity contribution in [3.05, 3.63) is 101 Å². The molecule has 2 aromatic carbocycles. The van der Waals surface area contributed by atoms with Gasteiger partial charge >= 0.3 is 0 Å². The van der Waals surface area contributed by atoms with Gasteiger partial charge in [0.25, 0.3) is 17.7 Å². The summed E-state index contributed by atoms with van der Waals surface area (Å²) in [4.78, 5) is 59.9. The summed E-state index contributed by atoms with van der Waals surface area (Å²) in [6.45, 7) is 4.69. The third-order valence-corrected chi connectivity index (χ3v) is 8.01. The molecule has 4 bridgehead atoms. The van der Waals surface area contributed by atoms with Crippen LogP contribution in [0.5, 0.6) is 5.75 Å². The second-order valence-corrected chi connectivity index (χ2v) is 12.1. The van der Waals surface area contributed by atoms with Crippen LogP contribution in [0.4, 0.5) is 0 Å². The van der Waals surface area contributed by atoms with Gasteiger partial charge in [-0.15, -0.1) is 0 Å². The van der Waals surface area contributed by atoms with E-state index in [-0.39, 0.29) is 60.9 Å². The molecule has 0 spiro atoms. The van der Waals surface area contributed by atoms with E-state index in [1.165, 1.54) is 17.2 Å². The normalized spacial score (nSPS) is 18.8. The maximum Gasteiger partial charge on any atom is 0.274 e. The number of benzene rings is 2. The summed E-state index contributed by atoms with van der Waals surface area (Å²) >= 11 is 0. The highest BCUT2D eigenvalue weighted by Crippen LogP contribution is 2.27. The van der Waals surface area contributed by atoms with Crippen LogP contribution >= 0.6 is 0 Å². The van der Waals surface area contributed by atoms with Gasteiger partial charge in [0.1, 0.15) is 24.1 Å². The fourth-order valence-electron chi connectivity index (χ4n) is 5.64. The third-order valence-electron chi connectivity index (χ3n) is 8.01. The van der Waals surface area contributed by atoms with Crippen molar-refractivity contribution in [2.24, 2.45) is 5.92 Å². The van der Waals surface area contributed by atoms with E-state index in [0.29, 0.717) is 25.0 Å². The Kier molecular flexibility index (Phi) is 9.32. The Bertz CT molecular complexity index is 1770. The van der Waals surface area contributed by atoms with Gasteiger partial charge in [-0.2, -0.15) is 0 Å². The number of aromatic nitrogens is 2. The van der Waals surface area contributed by atoms with Gasteiger partial charge in [0.15, 0.2) is 17.1 Å². The summed E-state index contributed by atoms with van der Waals surface area (Å²) in [7, 11) is 0. The van der Waals surface area contributed by atoms with Gasteiger partial charge < -0.3 is 34.5 Å². The molecular formula is C34H36N6O7. The Hall–Kier alpha value is -5.46. The van der Waals surface area contributed by atoms with Gasteiger partial charge in [-0.05, 0) is 41.7 Å². The predicted octanol–water partition coefficient (Wildman–Crippen LogP) is 3.23. The Morgan fingerprint density at radius 3 is 2.60 bits per heavy atom. The standard InChI is InChI=1S/C34H36N6O7/c1-20(2)14-27-33-38-28(19-46-33)32(43)36-25(15-21-6-4-3-5-7-21)30(41)35-11-12-40(18-24-17-26(39-47-24)31(42)37-27)34(44)23-8-9-29-22(16-23)10-13-45-29/h3-9,16-17,19-20,25,27H,10-15,18H2,1-2H3,(H,35,41)(H,36,43)(H,37,42)/t25-,27+/m0/s1. The third kappa shape index (κ3) is 7.51. The maximum absolute atomic E-state index is 13.8. The molecule has 244 valence electrons. The van der Waals surface area contributed by atoms with Crippen LogP contribution < -0.4 is 20.7 Å². The van der Waals surface area contributed by atoms with Crippen LogP contribution in [0.15, 0.2) is 69.8 Å². The second kappa shape index (κ2) is 13.9. The minimum atomic E-state index is -0.951. The summed E-state index contributed by atoms with van der Waals surface area (Å²) in [5.74, 6) is -0.539. The van der Waals surface area contributed by atoms with Crippen LogP contribution in [0.1, 0.15) is 80.4 Å². The number of ether oxygens (including phenoxy) is 1. The molecule has 2 aromatic heterocycles.